The number of carboxylic acids is 1. The summed E-state index contributed by atoms with van der Waals surface area (Å²) in [6.45, 7) is -0.616. The van der Waals surface area contributed by atoms with Gasteiger partial charge in [0.25, 0.3) is 5.91 Å². The summed E-state index contributed by atoms with van der Waals surface area (Å²) in [7, 11) is 0. The van der Waals surface area contributed by atoms with E-state index in [2.05, 4.69) is 5.92 Å². The van der Waals surface area contributed by atoms with Crippen LogP contribution in [0.3, 0.4) is 0 Å². The highest BCUT2D eigenvalue weighted by atomic mass is 16.4. The van der Waals surface area contributed by atoms with Crippen molar-refractivity contribution in [1.29, 1.82) is 0 Å². The first-order valence-electron chi connectivity index (χ1n) is 5.22. The summed E-state index contributed by atoms with van der Waals surface area (Å²) in [6, 6.07) is 6.25. The average molecular weight is 247 g/mol. The number of carboxylic acid groups (broad SMARTS) is 1. The molecule has 2 N–H and O–H groups in total. The molecule has 94 valence electrons. The molecule has 0 fully saturated rings. The Labute approximate surface area is 105 Å². The van der Waals surface area contributed by atoms with Crippen LogP contribution in [0.25, 0.3) is 0 Å². The van der Waals surface area contributed by atoms with Gasteiger partial charge in [0, 0.05) is 5.56 Å². The topological polar surface area (TPSA) is 77.8 Å². The average Bonchev–Trinajstić information content (AvgIpc) is 2.37. The molecule has 18 heavy (non-hydrogen) atoms. The van der Waals surface area contributed by atoms with Gasteiger partial charge < -0.3 is 15.1 Å². The van der Waals surface area contributed by atoms with Crippen molar-refractivity contribution in [3.63, 3.8) is 0 Å². The van der Waals surface area contributed by atoms with Gasteiger partial charge in [-0.25, -0.2) is 0 Å². The quantitative estimate of drug-likeness (QED) is 0.735. The van der Waals surface area contributed by atoms with E-state index >= 15 is 0 Å². The fraction of sp³-hybridized carbons (Fsp3) is 0.231. The van der Waals surface area contributed by atoms with Crippen molar-refractivity contribution >= 4 is 11.9 Å². The van der Waals surface area contributed by atoms with E-state index in [1.807, 2.05) is 0 Å². The molecule has 0 aromatic heterocycles. The number of aliphatic hydroxyl groups is 1. The Hall–Kier alpha value is -2.32. The second-order valence-electron chi connectivity index (χ2n) is 3.61. The van der Waals surface area contributed by atoms with E-state index in [0.29, 0.717) is 11.1 Å². The van der Waals surface area contributed by atoms with Crippen LogP contribution in [0.2, 0.25) is 0 Å². The van der Waals surface area contributed by atoms with Crippen LogP contribution in [-0.2, 0) is 11.4 Å². The Bertz CT molecular complexity index is 473. The third-order valence-corrected chi connectivity index (χ3v) is 2.28. The van der Waals surface area contributed by atoms with Gasteiger partial charge in [-0.15, -0.1) is 6.42 Å². The number of benzene rings is 1. The van der Waals surface area contributed by atoms with E-state index in [-0.39, 0.29) is 13.2 Å². The van der Waals surface area contributed by atoms with E-state index in [1.54, 1.807) is 12.1 Å². The van der Waals surface area contributed by atoms with Crippen LogP contribution in [0.15, 0.2) is 24.3 Å². The van der Waals surface area contributed by atoms with Crippen molar-refractivity contribution in [2.45, 2.75) is 6.61 Å². The molecular formula is C13H13NO4. The minimum Gasteiger partial charge on any atom is -0.480 e. The number of aliphatic carboxylic acids is 1. The maximum Gasteiger partial charge on any atom is 0.323 e. The fourth-order valence-electron chi connectivity index (χ4n) is 1.41. The zero-order valence-corrected chi connectivity index (χ0v) is 9.67. The maximum atomic E-state index is 12.0. The summed E-state index contributed by atoms with van der Waals surface area (Å²) in [6.07, 6.45) is 5.10. The molecule has 0 aliphatic heterocycles. The molecule has 1 rings (SSSR count). The second-order valence-corrected chi connectivity index (χ2v) is 3.61. The predicted octanol–water partition coefficient (Wildman–Crippen LogP) is 0.339. The Morgan fingerprint density at radius 3 is 2.33 bits per heavy atom. The van der Waals surface area contributed by atoms with Crippen LogP contribution < -0.4 is 0 Å². The molecule has 0 spiro atoms. The predicted molar refractivity (Wildman–Crippen MR) is 64.7 cm³/mol. The van der Waals surface area contributed by atoms with Crippen molar-refractivity contribution in [3.05, 3.63) is 35.4 Å². The first kappa shape index (κ1) is 13.7. The van der Waals surface area contributed by atoms with Gasteiger partial charge in [0.05, 0.1) is 13.2 Å². The molecule has 0 aliphatic carbocycles. The zero-order valence-electron chi connectivity index (χ0n) is 9.67. The van der Waals surface area contributed by atoms with Crippen molar-refractivity contribution in [2.75, 3.05) is 13.1 Å². The summed E-state index contributed by atoms with van der Waals surface area (Å²) in [5.41, 5.74) is 1.01. The van der Waals surface area contributed by atoms with E-state index in [4.69, 9.17) is 16.6 Å². The minimum atomic E-state index is -1.12. The molecule has 0 aliphatic rings. The molecular weight excluding hydrogens is 234 g/mol. The van der Waals surface area contributed by atoms with Crippen molar-refractivity contribution in [3.8, 4) is 12.3 Å². The van der Waals surface area contributed by atoms with Gasteiger partial charge in [0.15, 0.2) is 0 Å². The van der Waals surface area contributed by atoms with Gasteiger partial charge in [-0.1, -0.05) is 18.1 Å². The molecule has 0 unspecified atom stereocenters. The lowest BCUT2D eigenvalue weighted by Crippen LogP contribution is -2.35. The lowest BCUT2D eigenvalue weighted by atomic mass is 10.1. The van der Waals surface area contributed by atoms with E-state index in [0.717, 1.165) is 4.90 Å². The number of carbonyl (C=O) groups excluding carboxylic acids is 1. The van der Waals surface area contributed by atoms with Gasteiger partial charge in [0.1, 0.15) is 6.54 Å². The van der Waals surface area contributed by atoms with Crippen LogP contribution in [0.4, 0.5) is 0 Å². The SMILES string of the molecule is C#CCN(CC(=O)O)C(=O)c1ccc(CO)cc1. The van der Waals surface area contributed by atoms with Crippen LogP contribution >= 0.6 is 0 Å². The molecule has 0 saturated heterocycles. The minimum absolute atomic E-state index is 0.0626. The number of amides is 1. The molecule has 0 heterocycles. The number of hydrogen-bond donors (Lipinski definition) is 2. The smallest absolute Gasteiger partial charge is 0.323 e. The normalized spacial score (nSPS) is 9.56. The maximum absolute atomic E-state index is 12.0. The molecule has 0 bridgehead atoms. The Morgan fingerprint density at radius 2 is 1.89 bits per heavy atom. The summed E-state index contributed by atoms with van der Waals surface area (Å²) < 4.78 is 0. The lowest BCUT2D eigenvalue weighted by Gasteiger charge is -2.17. The highest BCUT2D eigenvalue weighted by Crippen LogP contribution is 2.07. The third kappa shape index (κ3) is 3.61. The lowest BCUT2D eigenvalue weighted by molar-refractivity contribution is -0.137. The molecule has 5 heteroatoms. The number of nitrogens with zero attached hydrogens (tertiary/aromatic N) is 1. The Kier molecular flexibility index (Phi) is 4.90. The highest BCUT2D eigenvalue weighted by molar-refractivity contribution is 5.96. The van der Waals surface area contributed by atoms with Crippen molar-refractivity contribution in [2.24, 2.45) is 0 Å². The molecule has 1 aromatic carbocycles. The number of aliphatic hydroxyl groups excluding tert-OH is 1. The fourth-order valence-corrected chi connectivity index (χ4v) is 1.41. The monoisotopic (exact) mass is 247 g/mol. The first-order chi connectivity index (χ1) is 8.58. The van der Waals surface area contributed by atoms with Crippen LogP contribution in [0.1, 0.15) is 15.9 Å². The molecule has 1 amide bonds. The van der Waals surface area contributed by atoms with E-state index in [1.165, 1.54) is 12.1 Å². The second kappa shape index (κ2) is 6.42. The number of hydrogen-bond acceptors (Lipinski definition) is 3. The van der Waals surface area contributed by atoms with Crippen LogP contribution in [-0.4, -0.2) is 40.1 Å². The molecule has 1 aromatic rings. The molecule has 0 saturated carbocycles. The summed E-state index contributed by atoms with van der Waals surface area (Å²) >= 11 is 0. The van der Waals surface area contributed by atoms with Gasteiger partial charge >= 0.3 is 5.97 Å². The summed E-state index contributed by atoms with van der Waals surface area (Å²) in [4.78, 5) is 23.7. The van der Waals surface area contributed by atoms with E-state index in [9.17, 15) is 9.59 Å². The van der Waals surface area contributed by atoms with Gasteiger partial charge in [0.2, 0.25) is 0 Å². The zero-order chi connectivity index (χ0) is 13.5. The van der Waals surface area contributed by atoms with Crippen molar-refractivity contribution in [1.82, 2.24) is 4.90 Å². The first-order valence-corrected chi connectivity index (χ1v) is 5.22. The molecule has 5 nitrogen and oxygen atoms in total. The van der Waals surface area contributed by atoms with Gasteiger partial charge in [-0.05, 0) is 17.7 Å². The number of carbonyl (C=O) groups is 2. The Morgan fingerprint density at radius 1 is 1.28 bits per heavy atom. The molecule has 0 radical (unpaired) electrons. The summed E-state index contributed by atoms with van der Waals surface area (Å²) in [5.74, 6) is 0.684. The Balaban J connectivity index is 2.87. The third-order valence-electron chi connectivity index (χ3n) is 2.28. The molecule has 0 atom stereocenters. The largest absolute Gasteiger partial charge is 0.480 e. The van der Waals surface area contributed by atoms with Gasteiger partial charge in [-0.3, -0.25) is 9.59 Å². The summed E-state index contributed by atoms with van der Waals surface area (Å²) in [5, 5.41) is 17.6. The van der Waals surface area contributed by atoms with E-state index < -0.39 is 18.4 Å². The highest BCUT2D eigenvalue weighted by Gasteiger charge is 2.17. The van der Waals surface area contributed by atoms with Crippen molar-refractivity contribution < 1.29 is 19.8 Å². The number of rotatable bonds is 5. The van der Waals surface area contributed by atoms with Gasteiger partial charge in [-0.2, -0.15) is 0 Å². The standard InChI is InChI=1S/C13H13NO4/c1-2-7-14(8-12(16)17)13(18)11-5-3-10(9-15)4-6-11/h1,3-6,15H,7-9H2,(H,16,17). The van der Waals surface area contributed by atoms with Crippen LogP contribution in [0, 0.1) is 12.3 Å². The number of terminal acetylenes is 1. The van der Waals surface area contributed by atoms with Crippen LogP contribution in [0.5, 0.6) is 0 Å².